The maximum absolute atomic E-state index is 12.1. The fourth-order valence-corrected chi connectivity index (χ4v) is 5.36. The van der Waals surface area contributed by atoms with E-state index in [4.69, 9.17) is 16.1 Å². The normalized spacial score (nSPS) is 25.6. The fraction of sp³-hybridized carbons (Fsp3) is 0.429. The number of ether oxygens (including phenoxy) is 1. The molecule has 0 radical (unpaired) electrons. The molecule has 1 aliphatic rings. The van der Waals surface area contributed by atoms with Crippen LogP contribution in [0.1, 0.15) is 24.6 Å². The summed E-state index contributed by atoms with van der Waals surface area (Å²) in [6, 6.07) is 0. The van der Waals surface area contributed by atoms with Gasteiger partial charge < -0.3 is 33.9 Å². The zero-order valence-electron chi connectivity index (χ0n) is 16.1. The van der Waals surface area contributed by atoms with E-state index < -0.39 is 59.8 Å². The number of aromatic nitrogens is 2. The highest BCUT2D eigenvalue weighted by atomic mass is 31.3. The van der Waals surface area contributed by atoms with Crippen molar-refractivity contribution in [1.29, 1.82) is 0 Å². The summed E-state index contributed by atoms with van der Waals surface area (Å²) in [5, 5.41) is 10.1. The van der Waals surface area contributed by atoms with Gasteiger partial charge in [-0.25, -0.2) is 13.4 Å². The maximum atomic E-state index is 12.1. The van der Waals surface area contributed by atoms with Crippen molar-refractivity contribution in [3.8, 4) is 24.2 Å². The van der Waals surface area contributed by atoms with Crippen molar-refractivity contribution in [1.82, 2.24) is 9.55 Å². The minimum Gasteiger partial charge on any atom is -0.756 e. The summed E-state index contributed by atoms with van der Waals surface area (Å²) in [6.07, 6.45) is 1.75. The molecule has 4 unspecified atom stereocenters. The first-order valence-electron chi connectivity index (χ1n) is 8.47. The Hall–Kier alpha value is -1.87. The van der Waals surface area contributed by atoms with Gasteiger partial charge >= 0.3 is 5.69 Å². The van der Waals surface area contributed by atoms with Gasteiger partial charge in [-0.15, -0.1) is 6.42 Å². The van der Waals surface area contributed by atoms with Gasteiger partial charge in [0, 0.05) is 12.6 Å². The molecule has 1 saturated heterocycles. The van der Waals surface area contributed by atoms with Gasteiger partial charge in [-0.05, 0) is 0 Å². The lowest BCUT2D eigenvalue weighted by Crippen LogP contribution is -2.33. The van der Waals surface area contributed by atoms with Gasteiger partial charge in [0.25, 0.3) is 29.0 Å². The molecule has 33 heavy (non-hydrogen) atoms. The predicted molar refractivity (Wildman–Crippen MR) is 99.3 cm³/mol. The number of aliphatic hydroxyl groups excluding tert-OH is 1. The van der Waals surface area contributed by atoms with Crippen LogP contribution in [0.15, 0.2) is 15.8 Å². The van der Waals surface area contributed by atoms with Crippen LogP contribution in [-0.4, -0.2) is 38.4 Å². The molecule has 16 nitrogen and oxygen atoms in total. The van der Waals surface area contributed by atoms with Crippen LogP contribution in [0.2, 0.25) is 0 Å². The van der Waals surface area contributed by atoms with Crippen LogP contribution >= 0.6 is 23.5 Å². The third kappa shape index (κ3) is 8.45. The monoisotopic (exact) mass is 527 g/mol. The van der Waals surface area contributed by atoms with Gasteiger partial charge in [-0.2, -0.15) is 0 Å². The summed E-state index contributed by atoms with van der Waals surface area (Å²) in [7, 11) is -17.8. The number of phosphoric acid groups is 3. The van der Waals surface area contributed by atoms with Crippen molar-refractivity contribution in [2.45, 2.75) is 31.3 Å². The number of aromatic amines is 1. The number of terminal acetylenes is 1. The van der Waals surface area contributed by atoms with Crippen LogP contribution < -0.4 is 25.9 Å². The zero-order valence-corrected chi connectivity index (χ0v) is 18.8. The Morgan fingerprint density at radius 1 is 1.24 bits per heavy atom. The van der Waals surface area contributed by atoms with Crippen LogP contribution in [0.25, 0.3) is 0 Å². The highest BCUT2D eigenvalue weighted by Gasteiger charge is 2.37. The molecule has 6 atom stereocenters. The van der Waals surface area contributed by atoms with Crippen molar-refractivity contribution < 1.29 is 56.3 Å². The molecule has 1 fully saturated rings. The molecular formula is C14H14N2O14P3-3. The Kier molecular flexibility index (Phi) is 8.79. The van der Waals surface area contributed by atoms with Crippen LogP contribution in [0.4, 0.5) is 0 Å². The van der Waals surface area contributed by atoms with Crippen molar-refractivity contribution in [2.75, 3.05) is 6.61 Å². The summed E-state index contributed by atoms with van der Waals surface area (Å²) in [6.45, 7) is -1.03. The lowest BCUT2D eigenvalue weighted by molar-refractivity contribution is -0.250. The number of hydrogen-bond acceptors (Lipinski definition) is 13. The number of nitrogens with zero attached hydrogens (tertiary/aromatic N) is 1. The summed E-state index contributed by atoms with van der Waals surface area (Å²) in [5.41, 5.74) is -1.89. The van der Waals surface area contributed by atoms with E-state index in [0.717, 1.165) is 10.8 Å². The Bertz CT molecular complexity index is 1250. The molecule has 1 aromatic rings. The number of nitrogens with one attached hydrogen (secondary N) is 1. The fourth-order valence-electron chi connectivity index (χ4n) is 2.47. The van der Waals surface area contributed by atoms with E-state index in [0.29, 0.717) is 0 Å². The van der Waals surface area contributed by atoms with Crippen LogP contribution in [0, 0.1) is 24.2 Å². The van der Waals surface area contributed by atoms with Crippen molar-refractivity contribution in [3.63, 3.8) is 0 Å². The predicted octanol–water partition coefficient (Wildman–Crippen LogP) is -2.99. The van der Waals surface area contributed by atoms with E-state index >= 15 is 0 Å². The van der Waals surface area contributed by atoms with Gasteiger partial charge in [0.15, 0.2) is 0 Å². The first kappa shape index (κ1) is 27.4. The number of aliphatic hydroxyl groups is 1. The highest BCUT2D eigenvalue weighted by Crippen LogP contribution is 2.61. The van der Waals surface area contributed by atoms with E-state index in [-0.39, 0.29) is 18.4 Å². The van der Waals surface area contributed by atoms with E-state index in [1.54, 1.807) is 0 Å². The molecule has 2 rings (SSSR count). The topological polar surface area (TPSA) is 253 Å². The molecule has 0 saturated carbocycles. The second-order valence-electron chi connectivity index (χ2n) is 6.15. The number of phosphoric ester groups is 1. The molecule has 182 valence electrons. The molecule has 1 aliphatic heterocycles. The van der Waals surface area contributed by atoms with Gasteiger partial charge in [0.2, 0.25) is 0 Å². The van der Waals surface area contributed by atoms with Gasteiger partial charge in [0.05, 0.1) is 19.1 Å². The smallest absolute Gasteiger partial charge is 0.330 e. The maximum Gasteiger partial charge on any atom is 0.330 e. The Morgan fingerprint density at radius 3 is 2.52 bits per heavy atom. The molecule has 0 bridgehead atoms. The SMILES string of the molecule is C#CCC#Cc1cn([C@H]2CC(O)[C@@H](COP(=O)([O-])OP(=O)([O-])OP(=O)([O-])O)O2)c(=O)[nH]c1=O. The molecule has 1 aromatic heterocycles. The Balaban J connectivity index is 2.10. The Labute approximate surface area is 184 Å². The number of H-pyrrole nitrogens is 1. The van der Waals surface area contributed by atoms with E-state index in [1.807, 2.05) is 4.98 Å². The van der Waals surface area contributed by atoms with Crippen molar-refractivity contribution in [2.24, 2.45) is 0 Å². The van der Waals surface area contributed by atoms with Crippen molar-refractivity contribution in [3.05, 3.63) is 32.6 Å². The lowest BCUT2D eigenvalue weighted by Gasteiger charge is -2.33. The lowest BCUT2D eigenvalue weighted by atomic mass is 10.2. The van der Waals surface area contributed by atoms with Gasteiger partial charge in [-0.3, -0.25) is 28.0 Å². The highest BCUT2D eigenvalue weighted by molar-refractivity contribution is 7.65. The Morgan fingerprint density at radius 2 is 1.91 bits per heavy atom. The first-order valence-corrected chi connectivity index (χ1v) is 12.9. The summed E-state index contributed by atoms with van der Waals surface area (Å²) < 4.78 is 50.2. The summed E-state index contributed by atoms with van der Waals surface area (Å²) in [5.74, 6) is 7.17. The molecule has 3 N–H and O–H groups in total. The molecule has 0 amide bonds. The third-order valence-electron chi connectivity index (χ3n) is 3.70. The largest absolute Gasteiger partial charge is 0.756 e. The second-order valence-corrected chi connectivity index (χ2v) is 10.4. The summed E-state index contributed by atoms with van der Waals surface area (Å²) >= 11 is 0. The molecular weight excluding hydrogens is 513 g/mol. The average Bonchev–Trinajstić information content (AvgIpc) is 2.99. The molecule has 2 heterocycles. The average molecular weight is 527 g/mol. The summed E-state index contributed by atoms with van der Waals surface area (Å²) in [4.78, 5) is 67.4. The quantitative estimate of drug-likeness (QED) is 0.225. The van der Waals surface area contributed by atoms with Crippen LogP contribution in [0.5, 0.6) is 0 Å². The molecule has 0 aliphatic carbocycles. The number of rotatable bonds is 8. The molecule has 0 spiro atoms. The van der Waals surface area contributed by atoms with Gasteiger partial charge in [0.1, 0.15) is 17.9 Å². The third-order valence-corrected chi connectivity index (χ3v) is 7.39. The van der Waals surface area contributed by atoms with Crippen molar-refractivity contribution >= 4 is 23.5 Å². The first-order chi connectivity index (χ1) is 15.1. The van der Waals surface area contributed by atoms with Crippen LogP contribution in [-0.2, 0) is 31.6 Å². The molecule has 19 heteroatoms. The van der Waals surface area contributed by atoms with E-state index in [9.17, 15) is 43.1 Å². The number of hydrogen-bond donors (Lipinski definition) is 3. The van der Waals surface area contributed by atoms with Gasteiger partial charge in [-0.1, -0.05) is 17.8 Å². The second kappa shape index (κ2) is 10.6. The van der Waals surface area contributed by atoms with E-state index in [1.165, 1.54) is 0 Å². The minimum atomic E-state index is -6.08. The zero-order chi connectivity index (χ0) is 25.0. The van der Waals surface area contributed by atoms with Crippen LogP contribution in [0.3, 0.4) is 0 Å². The minimum absolute atomic E-state index is 0.0277. The molecule has 0 aromatic carbocycles. The standard InChI is InChI=1S/C14H17N2O14P3/c1-2-3-4-5-9-7-16(14(19)15-13(9)18)12-6-10(17)11(28-12)8-27-32(23,24)30-33(25,26)29-31(20,21)22/h1,7,10-12,17H,3,6,8H2,(H,23,24)(H,25,26)(H,15,18,19)(H2,20,21,22)/p-3/t10?,11-,12-/m1/s1. The van der Waals surface area contributed by atoms with E-state index in [2.05, 4.69) is 30.9 Å².